The highest BCUT2D eigenvalue weighted by atomic mass is 35.5. The zero-order valence-corrected chi connectivity index (χ0v) is 13.6. The number of hydrogen-bond donors (Lipinski definition) is 1. The van der Waals surface area contributed by atoms with Crippen LogP contribution in [0.5, 0.6) is 5.75 Å². The van der Waals surface area contributed by atoms with E-state index in [2.05, 4.69) is 10.3 Å². The third-order valence-corrected chi connectivity index (χ3v) is 3.88. The van der Waals surface area contributed by atoms with Gasteiger partial charge in [-0.2, -0.15) is 0 Å². The Balaban J connectivity index is 1.70. The molecule has 1 N–H and O–H groups in total. The van der Waals surface area contributed by atoms with Crippen molar-refractivity contribution in [2.45, 2.75) is 13.8 Å². The predicted octanol–water partition coefficient (Wildman–Crippen LogP) is 3.62. The number of carbonyl (C=O) groups excluding carboxylic acids is 1. The Hall–Kier alpha value is -2.53. The van der Waals surface area contributed by atoms with Crippen LogP contribution in [-0.4, -0.2) is 21.9 Å². The number of aromatic nitrogens is 2. The Morgan fingerprint density at radius 1 is 1.30 bits per heavy atom. The molecule has 0 atom stereocenters. The average molecular weight is 330 g/mol. The summed E-state index contributed by atoms with van der Waals surface area (Å²) >= 11 is 6.04. The van der Waals surface area contributed by atoms with Gasteiger partial charge < -0.3 is 14.5 Å². The average Bonchev–Trinajstić information content (AvgIpc) is 2.90. The second kappa shape index (κ2) is 6.30. The highest BCUT2D eigenvalue weighted by Gasteiger charge is 2.10. The third-order valence-electron chi connectivity index (χ3n) is 3.47. The number of aryl methyl sites for hydroxylation is 1. The van der Waals surface area contributed by atoms with E-state index in [1.807, 2.05) is 36.7 Å². The Labute approximate surface area is 138 Å². The first kappa shape index (κ1) is 15.4. The van der Waals surface area contributed by atoms with Gasteiger partial charge in [-0.15, -0.1) is 0 Å². The number of amides is 1. The first-order chi connectivity index (χ1) is 11.0. The van der Waals surface area contributed by atoms with Gasteiger partial charge in [0.2, 0.25) is 0 Å². The van der Waals surface area contributed by atoms with Crippen molar-refractivity contribution in [2.24, 2.45) is 0 Å². The minimum absolute atomic E-state index is 0.0997. The molecule has 5 nitrogen and oxygen atoms in total. The van der Waals surface area contributed by atoms with Crippen molar-refractivity contribution in [3.63, 3.8) is 0 Å². The van der Waals surface area contributed by atoms with E-state index in [-0.39, 0.29) is 12.5 Å². The molecule has 0 unspecified atom stereocenters. The van der Waals surface area contributed by atoms with E-state index < -0.39 is 0 Å². The third kappa shape index (κ3) is 3.29. The Bertz CT molecular complexity index is 873. The molecule has 3 aromatic rings. The molecule has 1 aromatic carbocycles. The first-order valence-electron chi connectivity index (χ1n) is 7.16. The highest BCUT2D eigenvalue weighted by Crippen LogP contribution is 2.23. The van der Waals surface area contributed by atoms with Gasteiger partial charge in [0.1, 0.15) is 0 Å². The number of rotatable bonds is 4. The van der Waals surface area contributed by atoms with E-state index in [1.165, 1.54) is 0 Å². The maximum Gasteiger partial charge on any atom is 0.262 e. The number of nitrogens with one attached hydrogen (secondary N) is 1. The molecule has 6 heteroatoms. The number of halogens is 1. The predicted molar refractivity (Wildman–Crippen MR) is 90.2 cm³/mol. The molecule has 0 aliphatic rings. The molecule has 2 aromatic heterocycles. The largest absolute Gasteiger partial charge is 0.480 e. The number of pyridine rings is 1. The van der Waals surface area contributed by atoms with Crippen molar-refractivity contribution in [3.05, 3.63) is 59.0 Å². The molecule has 0 spiro atoms. The molecule has 0 fully saturated rings. The summed E-state index contributed by atoms with van der Waals surface area (Å²) in [6.07, 6.45) is 3.79. The molecule has 0 bridgehead atoms. The zero-order chi connectivity index (χ0) is 16.4. The standard InChI is InChI=1S/C17H16ClN3O2/c1-11-9-21-8-4-7-15(17(21)19-11)23-10-16(22)20-14-6-3-5-13(18)12(14)2/h3-9H,10H2,1-2H3,(H,20,22). The van der Waals surface area contributed by atoms with Gasteiger partial charge in [-0.3, -0.25) is 4.79 Å². The van der Waals surface area contributed by atoms with Crippen LogP contribution in [0.3, 0.4) is 0 Å². The fourth-order valence-corrected chi connectivity index (χ4v) is 2.47. The summed E-state index contributed by atoms with van der Waals surface area (Å²) in [6, 6.07) is 9.02. The maximum atomic E-state index is 12.1. The van der Waals surface area contributed by atoms with Crippen LogP contribution in [0.1, 0.15) is 11.3 Å². The number of imidazole rings is 1. The number of fused-ring (bicyclic) bond motifs is 1. The zero-order valence-electron chi connectivity index (χ0n) is 12.8. The van der Waals surface area contributed by atoms with E-state index in [4.69, 9.17) is 16.3 Å². The van der Waals surface area contributed by atoms with Crippen LogP contribution in [0, 0.1) is 13.8 Å². The summed E-state index contributed by atoms with van der Waals surface area (Å²) in [7, 11) is 0. The topological polar surface area (TPSA) is 55.6 Å². The number of benzene rings is 1. The molecular weight excluding hydrogens is 314 g/mol. The van der Waals surface area contributed by atoms with Gasteiger partial charge in [0.05, 0.1) is 5.69 Å². The van der Waals surface area contributed by atoms with E-state index in [9.17, 15) is 4.79 Å². The Morgan fingerprint density at radius 2 is 2.13 bits per heavy atom. The molecule has 118 valence electrons. The Kier molecular flexibility index (Phi) is 4.21. The van der Waals surface area contributed by atoms with Crippen LogP contribution in [-0.2, 0) is 4.79 Å². The summed E-state index contributed by atoms with van der Waals surface area (Å²) in [5.74, 6) is 0.319. The van der Waals surface area contributed by atoms with E-state index >= 15 is 0 Å². The summed E-state index contributed by atoms with van der Waals surface area (Å²) in [4.78, 5) is 16.5. The molecule has 2 heterocycles. The normalized spacial score (nSPS) is 10.7. The van der Waals surface area contributed by atoms with Gasteiger partial charge in [-0.05, 0) is 43.7 Å². The lowest BCUT2D eigenvalue weighted by Gasteiger charge is -2.10. The van der Waals surface area contributed by atoms with Gasteiger partial charge in [-0.25, -0.2) is 4.98 Å². The molecule has 0 aliphatic carbocycles. The molecule has 0 aliphatic heterocycles. The minimum atomic E-state index is -0.249. The highest BCUT2D eigenvalue weighted by molar-refractivity contribution is 6.31. The monoisotopic (exact) mass is 329 g/mol. The number of ether oxygens (including phenoxy) is 1. The molecular formula is C17H16ClN3O2. The van der Waals surface area contributed by atoms with Crippen LogP contribution in [0.25, 0.3) is 5.65 Å². The quantitative estimate of drug-likeness (QED) is 0.795. The lowest BCUT2D eigenvalue weighted by atomic mass is 10.2. The summed E-state index contributed by atoms with van der Waals surface area (Å²) < 4.78 is 7.47. The molecule has 0 saturated heterocycles. The second-order valence-corrected chi connectivity index (χ2v) is 5.64. The molecule has 0 saturated carbocycles. The molecule has 23 heavy (non-hydrogen) atoms. The summed E-state index contributed by atoms with van der Waals surface area (Å²) in [5, 5.41) is 3.41. The van der Waals surface area contributed by atoms with Crippen molar-refractivity contribution in [1.29, 1.82) is 0 Å². The van der Waals surface area contributed by atoms with Crippen molar-refractivity contribution in [1.82, 2.24) is 9.38 Å². The van der Waals surface area contributed by atoms with Gasteiger partial charge in [0.25, 0.3) is 5.91 Å². The molecule has 3 rings (SSSR count). The van der Waals surface area contributed by atoms with Crippen molar-refractivity contribution in [2.75, 3.05) is 11.9 Å². The summed E-state index contributed by atoms with van der Waals surface area (Å²) in [6.45, 7) is 3.66. The van der Waals surface area contributed by atoms with Crippen LogP contribution in [0.4, 0.5) is 5.69 Å². The van der Waals surface area contributed by atoms with E-state index in [0.29, 0.717) is 22.1 Å². The number of carbonyl (C=O) groups is 1. The lowest BCUT2D eigenvalue weighted by molar-refractivity contribution is -0.118. The van der Waals surface area contributed by atoms with E-state index in [0.717, 1.165) is 11.3 Å². The smallest absolute Gasteiger partial charge is 0.262 e. The van der Waals surface area contributed by atoms with E-state index in [1.54, 1.807) is 24.3 Å². The van der Waals surface area contributed by atoms with Crippen LogP contribution in [0.15, 0.2) is 42.7 Å². The van der Waals surface area contributed by atoms with Crippen molar-refractivity contribution < 1.29 is 9.53 Å². The summed E-state index contributed by atoms with van der Waals surface area (Å²) in [5.41, 5.74) is 3.09. The number of nitrogens with zero attached hydrogens (tertiary/aromatic N) is 2. The number of anilines is 1. The lowest BCUT2D eigenvalue weighted by Crippen LogP contribution is -2.20. The fourth-order valence-electron chi connectivity index (χ4n) is 2.29. The molecule has 0 radical (unpaired) electrons. The number of hydrogen-bond acceptors (Lipinski definition) is 3. The van der Waals surface area contributed by atoms with Crippen LogP contribution in [0.2, 0.25) is 5.02 Å². The molecule has 1 amide bonds. The van der Waals surface area contributed by atoms with Crippen LogP contribution >= 0.6 is 11.6 Å². The fraction of sp³-hybridized carbons (Fsp3) is 0.176. The SMILES string of the molecule is Cc1cn2cccc(OCC(=O)Nc3cccc(Cl)c3C)c2n1. The van der Waals surface area contributed by atoms with Crippen molar-refractivity contribution >= 4 is 28.8 Å². The second-order valence-electron chi connectivity index (χ2n) is 5.23. The van der Waals surface area contributed by atoms with Crippen LogP contribution < -0.4 is 10.1 Å². The van der Waals surface area contributed by atoms with Gasteiger partial charge >= 0.3 is 0 Å². The first-order valence-corrected chi connectivity index (χ1v) is 7.54. The van der Waals surface area contributed by atoms with Gasteiger partial charge in [0, 0.05) is 23.1 Å². The van der Waals surface area contributed by atoms with Crippen molar-refractivity contribution in [3.8, 4) is 5.75 Å². The van der Waals surface area contributed by atoms with Gasteiger partial charge in [0.15, 0.2) is 18.0 Å². The van der Waals surface area contributed by atoms with Gasteiger partial charge in [-0.1, -0.05) is 17.7 Å². The Morgan fingerprint density at radius 3 is 2.96 bits per heavy atom. The minimum Gasteiger partial charge on any atom is -0.480 e. The maximum absolute atomic E-state index is 12.1.